The Bertz CT molecular complexity index is 992. The Morgan fingerprint density at radius 1 is 0.815 bits per heavy atom. The molecule has 0 aliphatic rings. The minimum absolute atomic E-state index is 0.00859. The molecule has 3 aromatic rings. The van der Waals surface area contributed by atoms with Gasteiger partial charge in [0, 0.05) is 28.6 Å². The Morgan fingerprint density at radius 3 is 2.07 bits per heavy atom. The van der Waals surface area contributed by atoms with Crippen molar-refractivity contribution >= 4 is 34.6 Å². The van der Waals surface area contributed by atoms with Crippen LogP contribution in [0, 0.1) is 0 Å². The molecule has 134 valence electrons. The molecule has 0 bridgehead atoms. The maximum absolute atomic E-state index is 12.7. The lowest BCUT2D eigenvalue weighted by Crippen LogP contribution is -2.04. The molecule has 4 heteroatoms. The maximum atomic E-state index is 12.7. The van der Waals surface area contributed by atoms with E-state index in [0.29, 0.717) is 21.8 Å². The first-order valence-electron chi connectivity index (χ1n) is 8.48. The molecule has 0 saturated heterocycles. The average Bonchev–Trinajstić information content (AvgIpc) is 2.69. The lowest BCUT2D eigenvalue weighted by molar-refractivity contribution is 0.101. The molecule has 0 radical (unpaired) electrons. The molecule has 0 fully saturated rings. The number of carbonyl (C=O) groups is 2. The molecule has 1 N–H and O–H groups in total. The molecular formula is C23H18ClNO2. The van der Waals surface area contributed by atoms with Crippen molar-refractivity contribution in [2.75, 3.05) is 5.32 Å². The summed E-state index contributed by atoms with van der Waals surface area (Å²) in [6, 6.07) is 23.7. The van der Waals surface area contributed by atoms with Crippen molar-refractivity contribution in [1.29, 1.82) is 0 Å². The van der Waals surface area contributed by atoms with Crippen LogP contribution >= 0.6 is 11.6 Å². The van der Waals surface area contributed by atoms with Crippen LogP contribution in [0.1, 0.15) is 33.2 Å². The van der Waals surface area contributed by atoms with E-state index in [4.69, 9.17) is 11.6 Å². The molecule has 0 aromatic heterocycles. The summed E-state index contributed by atoms with van der Waals surface area (Å²) < 4.78 is 0. The number of ketones is 2. The van der Waals surface area contributed by atoms with Crippen molar-refractivity contribution in [2.45, 2.75) is 6.92 Å². The first kappa shape index (κ1) is 18.6. The SMILES string of the molecule is CC(=O)c1ccc(N/C(=C/C(=O)c2ccccc2Cl)c2ccccc2)cc1. The van der Waals surface area contributed by atoms with E-state index in [1.807, 2.05) is 42.5 Å². The van der Waals surface area contributed by atoms with Crippen LogP contribution in [0.3, 0.4) is 0 Å². The summed E-state index contributed by atoms with van der Waals surface area (Å²) in [5.41, 5.74) is 3.38. The maximum Gasteiger partial charge on any atom is 0.189 e. The molecule has 3 aromatic carbocycles. The number of benzene rings is 3. The van der Waals surface area contributed by atoms with E-state index in [1.165, 1.54) is 13.0 Å². The third-order valence-corrected chi connectivity index (χ3v) is 4.40. The number of halogens is 1. The summed E-state index contributed by atoms with van der Waals surface area (Å²) in [6.07, 6.45) is 1.54. The van der Waals surface area contributed by atoms with Crippen molar-refractivity contribution in [1.82, 2.24) is 0 Å². The molecule has 3 rings (SSSR count). The van der Waals surface area contributed by atoms with Gasteiger partial charge in [-0.3, -0.25) is 9.59 Å². The van der Waals surface area contributed by atoms with Crippen LogP contribution in [0.2, 0.25) is 5.02 Å². The van der Waals surface area contributed by atoms with Crippen molar-refractivity contribution < 1.29 is 9.59 Å². The van der Waals surface area contributed by atoms with Crippen LogP contribution in [-0.4, -0.2) is 11.6 Å². The monoisotopic (exact) mass is 375 g/mol. The van der Waals surface area contributed by atoms with E-state index in [9.17, 15) is 9.59 Å². The quantitative estimate of drug-likeness (QED) is 0.432. The van der Waals surface area contributed by atoms with Gasteiger partial charge >= 0.3 is 0 Å². The summed E-state index contributed by atoms with van der Waals surface area (Å²) in [5, 5.41) is 3.68. The summed E-state index contributed by atoms with van der Waals surface area (Å²) >= 11 is 6.15. The highest BCUT2D eigenvalue weighted by atomic mass is 35.5. The minimum atomic E-state index is -0.188. The summed E-state index contributed by atoms with van der Waals surface area (Å²) in [5.74, 6) is -0.179. The zero-order valence-electron chi connectivity index (χ0n) is 14.8. The van der Waals surface area contributed by atoms with E-state index < -0.39 is 0 Å². The number of Topliss-reactive ketones (excluding diaryl/α,β-unsaturated/α-hetero) is 1. The second-order valence-corrected chi connectivity index (χ2v) is 6.43. The van der Waals surface area contributed by atoms with E-state index in [-0.39, 0.29) is 11.6 Å². The van der Waals surface area contributed by atoms with Gasteiger partial charge in [0.05, 0.1) is 5.02 Å². The van der Waals surface area contributed by atoms with Crippen LogP contribution in [0.4, 0.5) is 5.69 Å². The van der Waals surface area contributed by atoms with Crippen LogP contribution in [-0.2, 0) is 0 Å². The van der Waals surface area contributed by atoms with Crippen molar-refractivity contribution in [3.8, 4) is 0 Å². The van der Waals surface area contributed by atoms with Crippen LogP contribution in [0.25, 0.3) is 5.70 Å². The molecule has 0 unspecified atom stereocenters. The van der Waals surface area contributed by atoms with Gasteiger partial charge in [0.2, 0.25) is 0 Å². The van der Waals surface area contributed by atoms with E-state index in [2.05, 4.69) is 5.32 Å². The van der Waals surface area contributed by atoms with Gasteiger partial charge in [-0.15, -0.1) is 0 Å². The Labute approximate surface area is 163 Å². The van der Waals surface area contributed by atoms with Crippen LogP contribution in [0.15, 0.2) is 84.9 Å². The van der Waals surface area contributed by atoms with E-state index in [0.717, 1.165) is 11.3 Å². The van der Waals surface area contributed by atoms with Gasteiger partial charge in [0.15, 0.2) is 11.6 Å². The second-order valence-electron chi connectivity index (χ2n) is 6.03. The topological polar surface area (TPSA) is 46.2 Å². The number of nitrogens with one attached hydrogen (secondary N) is 1. The predicted octanol–water partition coefficient (Wildman–Crippen LogP) is 5.88. The highest BCUT2D eigenvalue weighted by molar-refractivity contribution is 6.34. The molecule has 27 heavy (non-hydrogen) atoms. The number of hydrogen-bond acceptors (Lipinski definition) is 3. The van der Waals surface area contributed by atoms with Gasteiger partial charge in [0.1, 0.15) is 0 Å². The van der Waals surface area contributed by atoms with Crippen molar-refractivity contribution in [3.05, 3.63) is 107 Å². The molecule has 0 atom stereocenters. The van der Waals surface area contributed by atoms with Gasteiger partial charge < -0.3 is 5.32 Å². The highest BCUT2D eigenvalue weighted by Gasteiger charge is 2.11. The largest absolute Gasteiger partial charge is 0.355 e. The number of allylic oxidation sites excluding steroid dienone is 1. The molecule has 0 amide bonds. The van der Waals surface area contributed by atoms with Crippen molar-refractivity contribution in [3.63, 3.8) is 0 Å². The molecule has 0 saturated carbocycles. The number of anilines is 1. The zero-order chi connectivity index (χ0) is 19.2. The van der Waals surface area contributed by atoms with E-state index >= 15 is 0 Å². The lowest BCUT2D eigenvalue weighted by Gasteiger charge is -2.12. The van der Waals surface area contributed by atoms with Gasteiger partial charge in [0.25, 0.3) is 0 Å². The molecule has 0 heterocycles. The highest BCUT2D eigenvalue weighted by Crippen LogP contribution is 2.22. The Morgan fingerprint density at radius 2 is 1.44 bits per heavy atom. The standard InChI is InChI=1S/C23H18ClNO2/c1-16(26)17-11-13-19(14-12-17)25-22(18-7-3-2-4-8-18)15-23(27)20-9-5-6-10-21(20)24/h2-15,25H,1H3/b22-15+. The lowest BCUT2D eigenvalue weighted by atomic mass is 10.1. The predicted molar refractivity (Wildman–Crippen MR) is 110 cm³/mol. The van der Waals surface area contributed by atoms with Crippen molar-refractivity contribution in [2.24, 2.45) is 0 Å². The molecule has 0 aliphatic heterocycles. The fourth-order valence-electron chi connectivity index (χ4n) is 2.62. The van der Waals surface area contributed by atoms with Gasteiger partial charge in [-0.05, 0) is 48.9 Å². The number of rotatable bonds is 6. The van der Waals surface area contributed by atoms with Crippen LogP contribution < -0.4 is 5.32 Å². The molecular weight excluding hydrogens is 358 g/mol. The normalized spacial score (nSPS) is 11.1. The Hall–Kier alpha value is -3.17. The third kappa shape index (κ3) is 4.72. The summed E-state index contributed by atoms with van der Waals surface area (Å²) in [7, 11) is 0. The molecule has 0 aliphatic carbocycles. The number of hydrogen-bond donors (Lipinski definition) is 1. The van der Waals surface area contributed by atoms with Gasteiger partial charge in [-0.2, -0.15) is 0 Å². The Kier molecular flexibility index (Phi) is 5.84. The van der Waals surface area contributed by atoms with Gasteiger partial charge in [-0.25, -0.2) is 0 Å². The fraction of sp³-hybridized carbons (Fsp3) is 0.0435. The minimum Gasteiger partial charge on any atom is -0.355 e. The number of carbonyl (C=O) groups excluding carboxylic acids is 2. The Balaban J connectivity index is 1.95. The van der Waals surface area contributed by atoms with E-state index in [1.54, 1.807) is 36.4 Å². The second kappa shape index (κ2) is 8.47. The average molecular weight is 376 g/mol. The van der Waals surface area contributed by atoms with Crippen LogP contribution in [0.5, 0.6) is 0 Å². The molecule has 0 spiro atoms. The summed E-state index contributed by atoms with van der Waals surface area (Å²) in [6.45, 7) is 1.53. The smallest absolute Gasteiger partial charge is 0.189 e. The third-order valence-electron chi connectivity index (χ3n) is 4.07. The van der Waals surface area contributed by atoms with Gasteiger partial charge in [-0.1, -0.05) is 54.1 Å². The zero-order valence-corrected chi connectivity index (χ0v) is 15.5. The summed E-state index contributed by atoms with van der Waals surface area (Å²) in [4.78, 5) is 24.2. The first-order chi connectivity index (χ1) is 13.0. The first-order valence-corrected chi connectivity index (χ1v) is 8.86. The fourth-order valence-corrected chi connectivity index (χ4v) is 2.85. The molecule has 3 nitrogen and oxygen atoms in total.